The summed E-state index contributed by atoms with van der Waals surface area (Å²) in [5.74, 6) is 0. The van der Waals surface area contributed by atoms with Crippen molar-refractivity contribution < 1.29 is 4.74 Å². The molecule has 1 N–H and O–H groups in total. The van der Waals surface area contributed by atoms with E-state index < -0.39 is 0 Å². The van der Waals surface area contributed by atoms with Crippen molar-refractivity contribution in [1.29, 1.82) is 0 Å². The second-order valence-electron chi connectivity index (χ2n) is 4.02. The van der Waals surface area contributed by atoms with Crippen molar-refractivity contribution in [2.24, 2.45) is 0 Å². The summed E-state index contributed by atoms with van der Waals surface area (Å²) in [5.41, 5.74) is 1.17. The molecule has 4 heteroatoms. The number of aromatic nitrogens is 1. The highest BCUT2D eigenvalue weighted by molar-refractivity contribution is 7.11. The largest absolute Gasteiger partial charge is 0.381 e. The first kappa shape index (κ1) is 11.0. The average Bonchev–Trinajstić information content (AvgIpc) is 2.57. The van der Waals surface area contributed by atoms with E-state index in [0.717, 1.165) is 32.6 Å². The molecule has 84 valence electrons. The third-order valence-electron chi connectivity index (χ3n) is 2.84. The average molecular weight is 226 g/mol. The first-order valence-corrected chi connectivity index (χ1v) is 6.31. The van der Waals surface area contributed by atoms with Gasteiger partial charge in [-0.1, -0.05) is 0 Å². The maximum atomic E-state index is 5.32. The van der Waals surface area contributed by atoms with Gasteiger partial charge in [0.05, 0.1) is 5.69 Å². The van der Waals surface area contributed by atoms with E-state index >= 15 is 0 Å². The third kappa shape index (κ3) is 3.00. The zero-order valence-corrected chi connectivity index (χ0v) is 10.2. The monoisotopic (exact) mass is 226 g/mol. The van der Waals surface area contributed by atoms with Crippen LogP contribution in [0.4, 0.5) is 0 Å². The highest BCUT2D eigenvalue weighted by atomic mass is 32.1. The minimum Gasteiger partial charge on any atom is -0.381 e. The molecule has 0 unspecified atom stereocenters. The SMILES string of the molecule is Cc1nc(CNC2CCOCC2)sc1C. The molecule has 0 spiro atoms. The molecule has 1 aromatic rings. The molecular formula is C11H18N2OS. The van der Waals surface area contributed by atoms with E-state index in [2.05, 4.69) is 24.1 Å². The predicted molar refractivity (Wildman–Crippen MR) is 62.3 cm³/mol. The fourth-order valence-corrected chi connectivity index (χ4v) is 2.63. The number of nitrogens with zero attached hydrogens (tertiary/aromatic N) is 1. The highest BCUT2D eigenvalue weighted by Gasteiger charge is 2.13. The van der Waals surface area contributed by atoms with Crippen LogP contribution >= 0.6 is 11.3 Å². The van der Waals surface area contributed by atoms with Gasteiger partial charge in [0.1, 0.15) is 5.01 Å². The van der Waals surface area contributed by atoms with E-state index in [1.54, 1.807) is 11.3 Å². The van der Waals surface area contributed by atoms with Gasteiger partial charge in [-0.25, -0.2) is 4.98 Å². The fraction of sp³-hybridized carbons (Fsp3) is 0.727. The molecule has 0 bridgehead atoms. The summed E-state index contributed by atoms with van der Waals surface area (Å²) in [6.45, 7) is 6.90. The van der Waals surface area contributed by atoms with E-state index in [0.29, 0.717) is 6.04 Å². The van der Waals surface area contributed by atoms with Gasteiger partial charge >= 0.3 is 0 Å². The Morgan fingerprint density at radius 3 is 2.73 bits per heavy atom. The zero-order chi connectivity index (χ0) is 10.7. The highest BCUT2D eigenvalue weighted by Crippen LogP contribution is 2.16. The molecule has 0 amide bonds. The van der Waals surface area contributed by atoms with Crippen LogP contribution < -0.4 is 5.32 Å². The van der Waals surface area contributed by atoms with Crippen molar-refractivity contribution in [2.75, 3.05) is 13.2 Å². The summed E-state index contributed by atoms with van der Waals surface area (Å²) in [5, 5.41) is 4.75. The minimum absolute atomic E-state index is 0.614. The first-order chi connectivity index (χ1) is 7.25. The normalized spacial score (nSPS) is 18.3. The summed E-state index contributed by atoms with van der Waals surface area (Å²) in [6, 6.07) is 0.614. The molecule has 2 heterocycles. The lowest BCUT2D eigenvalue weighted by Crippen LogP contribution is -2.34. The maximum Gasteiger partial charge on any atom is 0.107 e. The molecular weight excluding hydrogens is 208 g/mol. The molecule has 3 nitrogen and oxygen atoms in total. The molecule has 15 heavy (non-hydrogen) atoms. The van der Waals surface area contributed by atoms with Crippen LogP contribution in [0.1, 0.15) is 28.4 Å². The lowest BCUT2D eigenvalue weighted by atomic mass is 10.1. The number of ether oxygens (including phenoxy) is 1. The molecule has 0 atom stereocenters. The van der Waals surface area contributed by atoms with Gasteiger partial charge < -0.3 is 10.1 Å². The molecule has 1 aliphatic heterocycles. The van der Waals surface area contributed by atoms with Gasteiger partial charge in [-0.05, 0) is 26.7 Å². The van der Waals surface area contributed by atoms with Crippen LogP contribution in [0.25, 0.3) is 0 Å². The van der Waals surface area contributed by atoms with Crippen molar-refractivity contribution in [3.8, 4) is 0 Å². The van der Waals surface area contributed by atoms with Gasteiger partial charge in [0.25, 0.3) is 0 Å². The van der Waals surface area contributed by atoms with Gasteiger partial charge in [-0.3, -0.25) is 0 Å². The van der Waals surface area contributed by atoms with Crippen LogP contribution in [0.5, 0.6) is 0 Å². The fourth-order valence-electron chi connectivity index (χ4n) is 1.75. The standard InChI is InChI=1S/C11H18N2OS/c1-8-9(2)15-11(13-8)7-12-10-3-5-14-6-4-10/h10,12H,3-7H2,1-2H3. The van der Waals surface area contributed by atoms with Crippen LogP contribution in [0.2, 0.25) is 0 Å². The number of rotatable bonds is 3. The van der Waals surface area contributed by atoms with Gasteiger partial charge in [0, 0.05) is 30.7 Å². The maximum absolute atomic E-state index is 5.32. The Bertz CT molecular complexity index is 299. The second kappa shape index (κ2) is 5.05. The summed E-state index contributed by atoms with van der Waals surface area (Å²) in [4.78, 5) is 5.85. The van der Waals surface area contributed by atoms with E-state index in [4.69, 9.17) is 4.74 Å². The van der Waals surface area contributed by atoms with Gasteiger partial charge in [0.2, 0.25) is 0 Å². The third-order valence-corrected chi connectivity index (χ3v) is 3.91. The number of aryl methyl sites for hydroxylation is 2. The molecule has 2 rings (SSSR count). The Balaban J connectivity index is 1.81. The molecule has 0 aromatic carbocycles. The molecule has 0 radical (unpaired) electrons. The molecule has 1 saturated heterocycles. The Labute approximate surface area is 94.9 Å². The summed E-state index contributed by atoms with van der Waals surface area (Å²) < 4.78 is 5.32. The first-order valence-electron chi connectivity index (χ1n) is 5.50. The van der Waals surface area contributed by atoms with E-state index in [1.165, 1.54) is 15.6 Å². The van der Waals surface area contributed by atoms with Crippen molar-refractivity contribution in [3.05, 3.63) is 15.6 Å². The Hall–Kier alpha value is -0.450. The van der Waals surface area contributed by atoms with Crippen LogP contribution in [-0.2, 0) is 11.3 Å². The molecule has 0 aliphatic carbocycles. The summed E-state index contributed by atoms with van der Waals surface area (Å²) in [7, 11) is 0. The van der Waals surface area contributed by atoms with E-state index in [-0.39, 0.29) is 0 Å². The van der Waals surface area contributed by atoms with Crippen molar-refractivity contribution in [3.63, 3.8) is 0 Å². The number of thiazole rings is 1. The second-order valence-corrected chi connectivity index (χ2v) is 5.30. The van der Waals surface area contributed by atoms with Crippen LogP contribution in [0.15, 0.2) is 0 Å². The molecule has 0 saturated carbocycles. The lowest BCUT2D eigenvalue weighted by molar-refractivity contribution is 0.0776. The predicted octanol–water partition coefficient (Wildman–Crippen LogP) is 2.03. The van der Waals surface area contributed by atoms with Crippen LogP contribution in [-0.4, -0.2) is 24.2 Å². The molecule has 1 fully saturated rings. The van der Waals surface area contributed by atoms with E-state index in [1.807, 2.05) is 0 Å². The quantitative estimate of drug-likeness (QED) is 0.856. The van der Waals surface area contributed by atoms with Crippen molar-refractivity contribution >= 4 is 11.3 Å². The zero-order valence-electron chi connectivity index (χ0n) is 9.38. The van der Waals surface area contributed by atoms with Crippen molar-refractivity contribution in [1.82, 2.24) is 10.3 Å². The van der Waals surface area contributed by atoms with Crippen LogP contribution in [0.3, 0.4) is 0 Å². The minimum atomic E-state index is 0.614. The Kier molecular flexibility index (Phi) is 3.72. The smallest absolute Gasteiger partial charge is 0.107 e. The molecule has 1 aliphatic rings. The number of nitrogens with one attached hydrogen (secondary N) is 1. The Morgan fingerprint density at radius 2 is 2.13 bits per heavy atom. The van der Waals surface area contributed by atoms with Crippen molar-refractivity contribution in [2.45, 2.75) is 39.3 Å². The van der Waals surface area contributed by atoms with Gasteiger partial charge in [-0.15, -0.1) is 11.3 Å². The van der Waals surface area contributed by atoms with Crippen LogP contribution in [0, 0.1) is 13.8 Å². The lowest BCUT2D eigenvalue weighted by Gasteiger charge is -2.22. The van der Waals surface area contributed by atoms with Gasteiger partial charge in [0.15, 0.2) is 0 Å². The van der Waals surface area contributed by atoms with E-state index in [9.17, 15) is 0 Å². The topological polar surface area (TPSA) is 34.2 Å². The van der Waals surface area contributed by atoms with Gasteiger partial charge in [-0.2, -0.15) is 0 Å². The Morgan fingerprint density at radius 1 is 1.40 bits per heavy atom. The number of hydrogen-bond donors (Lipinski definition) is 1. The summed E-state index contributed by atoms with van der Waals surface area (Å²) in [6.07, 6.45) is 2.26. The summed E-state index contributed by atoms with van der Waals surface area (Å²) >= 11 is 1.80. The number of hydrogen-bond acceptors (Lipinski definition) is 4. The molecule has 1 aromatic heterocycles.